The van der Waals surface area contributed by atoms with Crippen LogP contribution in [0, 0.1) is 12.8 Å². The lowest BCUT2D eigenvalue weighted by Crippen LogP contribution is -2.16. The first-order chi connectivity index (χ1) is 17.2. The fourth-order valence-electron chi connectivity index (χ4n) is 4.39. The predicted molar refractivity (Wildman–Crippen MR) is 133 cm³/mol. The molecular weight excluding hydrogens is 500 g/mol. The molecule has 1 aromatic carbocycles. The van der Waals surface area contributed by atoms with Crippen LogP contribution in [-0.4, -0.2) is 43.0 Å². The molecule has 0 spiro atoms. The second-order valence-corrected chi connectivity index (χ2v) is 12.0. The van der Waals surface area contributed by atoms with Crippen molar-refractivity contribution in [2.24, 2.45) is 5.92 Å². The molecule has 36 heavy (non-hydrogen) atoms. The van der Waals surface area contributed by atoms with Gasteiger partial charge < -0.3 is 4.74 Å². The summed E-state index contributed by atoms with van der Waals surface area (Å²) in [6, 6.07) is 8.32. The minimum atomic E-state index is -4.14. The molecule has 0 saturated heterocycles. The number of esters is 1. The molecule has 1 aliphatic rings. The number of carbonyl (C=O) groups excluding carboxylic acids is 3. The first kappa shape index (κ1) is 25.8. The van der Waals surface area contributed by atoms with Crippen LogP contribution in [0.4, 0.5) is 0 Å². The van der Waals surface area contributed by atoms with E-state index < -0.39 is 20.8 Å². The maximum absolute atomic E-state index is 13.1. The summed E-state index contributed by atoms with van der Waals surface area (Å²) < 4.78 is 30.8. The zero-order valence-corrected chi connectivity index (χ0v) is 21.7. The summed E-state index contributed by atoms with van der Waals surface area (Å²) in [7, 11) is -2.99. The number of Topliss-reactive ketones (excluding diaryl/α,β-unsaturated/α-hetero) is 2. The Labute approximate surface area is 213 Å². The summed E-state index contributed by atoms with van der Waals surface area (Å²) in [6.45, 7) is 1.92. The number of ketones is 2. The van der Waals surface area contributed by atoms with Gasteiger partial charge >= 0.3 is 5.97 Å². The summed E-state index contributed by atoms with van der Waals surface area (Å²) in [5.74, 6) is -0.888. The first-order valence-electron chi connectivity index (χ1n) is 11.6. The standard InChI is InChI=1S/C26H26N2O6S2/c1-16-9-10-18(21(12-16)24(30)17-6-3-4-7-17)13-19(29)14-22-28-15-23(35-22)36(32,33)25-20(26(31)34-2)8-5-11-27-25/h5,8-12,15,17H,3-4,6-7,13-14H2,1-2H3. The van der Waals surface area contributed by atoms with E-state index in [0.717, 1.165) is 49.7 Å². The number of nitrogens with zero attached hydrogens (tertiary/aromatic N) is 2. The fourth-order valence-corrected chi connectivity index (χ4v) is 7.05. The lowest BCUT2D eigenvalue weighted by molar-refractivity contribution is -0.117. The Bertz CT molecular complexity index is 1420. The first-order valence-corrected chi connectivity index (χ1v) is 13.9. The SMILES string of the molecule is COC(=O)c1cccnc1S(=O)(=O)c1cnc(CC(=O)Cc2ccc(C)cc2C(=O)C2CCCC2)s1. The molecule has 4 rings (SSSR count). The molecule has 0 N–H and O–H groups in total. The van der Waals surface area contributed by atoms with Crippen LogP contribution in [0.15, 0.2) is 52.0 Å². The van der Waals surface area contributed by atoms with Gasteiger partial charge in [-0.3, -0.25) is 9.59 Å². The van der Waals surface area contributed by atoms with Gasteiger partial charge in [0, 0.05) is 24.1 Å². The van der Waals surface area contributed by atoms with Crippen molar-refractivity contribution in [1.29, 1.82) is 0 Å². The summed E-state index contributed by atoms with van der Waals surface area (Å²) in [6.07, 6.45) is 6.28. The van der Waals surface area contributed by atoms with Crippen LogP contribution >= 0.6 is 11.3 Å². The topological polar surface area (TPSA) is 120 Å². The fraction of sp³-hybridized carbons (Fsp3) is 0.346. The summed E-state index contributed by atoms with van der Waals surface area (Å²) in [4.78, 5) is 46.0. The van der Waals surface area contributed by atoms with Crippen molar-refractivity contribution < 1.29 is 27.5 Å². The Morgan fingerprint density at radius 3 is 2.53 bits per heavy atom. The number of aryl methyl sites for hydroxylation is 1. The Kier molecular flexibility index (Phi) is 7.75. The molecule has 1 aliphatic carbocycles. The molecule has 10 heteroatoms. The highest BCUT2D eigenvalue weighted by atomic mass is 32.2. The number of hydrogen-bond acceptors (Lipinski definition) is 9. The Hall–Kier alpha value is -3.24. The van der Waals surface area contributed by atoms with E-state index in [0.29, 0.717) is 16.1 Å². The third-order valence-corrected chi connectivity index (χ3v) is 9.39. The van der Waals surface area contributed by atoms with Crippen molar-refractivity contribution >= 4 is 38.7 Å². The molecular formula is C26H26N2O6S2. The lowest BCUT2D eigenvalue weighted by Gasteiger charge is -2.13. The molecule has 0 unspecified atom stereocenters. The molecule has 0 atom stereocenters. The van der Waals surface area contributed by atoms with Gasteiger partial charge in [-0.1, -0.05) is 30.5 Å². The van der Waals surface area contributed by atoms with E-state index in [1.165, 1.54) is 24.5 Å². The van der Waals surface area contributed by atoms with Crippen LogP contribution in [0.3, 0.4) is 0 Å². The van der Waals surface area contributed by atoms with Gasteiger partial charge in [0.1, 0.15) is 15.0 Å². The second kappa shape index (κ2) is 10.8. The average Bonchev–Trinajstić information content (AvgIpc) is 3.57. The molecule has 3 aromatic rings. The van der Waals surface area contributed by atoms with Gasteiger partial charge in [-0.15, -0.1) is 11.3 Å². The predicted octanol–water partition coefficient (Wildman–Crippen LogP) is 4.19. The maximum Gasteiger partial charge on any atom is 0.340 e. The van der Waals surface area contributed by atoms with Gasteiger partial charge in [0.2, 0.25) is 9.84 Å². The van der Waals surface area contributed by atoms with Crippen molar-refractivity contribution in [2.45, 2.75) is 54.7 Å². The van der Waals surface area contributed by atoms with Gasteiger partial charge in [-0.2, -0.15) is 0 Å². The number of sulfone groups is 1. The zero-order chi connectivity index (χ0) is 25.9. The molecule has 0 bridgehead atoms. The summed E-state index contributed by atoms with van der Waals surface area (Å²) >= 11 is 0.856. The number of rotatable bonds is 9. The van der Waals surface area contributed by atoms with Gasteiger partial charge in [-0.05, 0) is 43.5 Å². The van der Waals surface area contributed by atoms with Gasteiger partial charge in [0.05, 0.1) is 25.3 Å². The van der Waals surface area contributed by atoms with E-state index in [4.69, 9.17) is 0 Å². The minimum absolute atomic E-state index is 0.00820. The van der Waals surface area contributed by atoms with E-state index in [1.54, 1.807) is 0 Å². The van der Waals surface area contributed by atoms with E-state index in [9.17, 15) is 22.8 Å². The molecule has 2 heterocycles. The number of carbonyl (C=O) groups is 3. The Morgan fingerprint density at radius 2 is 1.81 bits per heavy atom. The third-order valence-electron chi connectivity index (χ3n) is 6.22. The number of pyridine rings is 1. The van der Waals surface area contributed by atoms with E-state index in [2.05, 4.69) is 14.7 Å². The molecule has 2 aromatic heterocycles. The van der Waals surface area contributed by atoms with E-state index in [1.807, 2.05) is 25.1 Å². The van der Waals surface area contributed by atoms with Gasteiger partial charge in [0.25, 0.3) is 0 Å². The van der Waals surface area contributed by atoms with Crippen LogP contribution in [0.25, 0.3) is 0 Å². The number of methoxy groups -OCH3 is 1. The highest BCUT2D eigenvalue weighted by Gasteiger charge is 2.29. The summed E-state index contributed by atoms with van der Waals surface area (Å²) in [5, 5.41) is -0.0991. The largest absolute Gasteiger partial charge is 0.465 e. The lowest BCUT2D eigenvalue weighted by atomic mass is 9.90. The van der Waals surface area contributed by atoms with E-state index in [-0.39, 0.29) is 40.1 Å². The van der Waals surface area contributed by atoms with Crippen molar-refractivity contribution in [2.75, 3.05) is 7.11 Å². The van der Waals surface area contributed by atoms with Crippen molar-refractivity contribution in [3.05, 3.63) is 70.0 Å². The van der Waals surface area contributed by atoms with Crippen molar-refractivity contribution in [1.82, 2.24) is 9.97 Å². The number of ether oxygens (including phenoxy) is 1. The van der Waals surface area contributed by atoms with Gasteiger partial charge in [0.15, 0.2) is 10.8 Å². The van der Waals surface area contributed by atoms with Crippen molar-refractivity contribution in [3.8, 4) is 0 Å². The number of thiazole rings is 1. The number of hydrogen-bond donors (Lipinski definition) is 0. The molecule has 1 saturated carbocycles. The van der Waals surface area contributed by atoms with Crippen LogP contribution in [0.5, 0.6) is 0 Å². The van der Waals surface area contributed by atoms with E-state index >= 15 is 0 Å². The normalized spacial score (nSPS) is 14.1. The zero-order valence-electron chi connectivity index (χ0n) is 20.0. The highest BCUT2D eigenvalue weighted by Crippen LogP contribution is 2.30. The smallest absolute Gasteiger partial charge is 0.340 e. The van der Waals surface area contributed by atoms with Crippen molar-refractivity contribution in [3.63, 3.8) is 0 Å². The Morgan fingerprint density at radius 1 is 1.06 bits per heavy atom. The second-order valence-electron chi connectivity index (χ2n) is 8.82. The van der Waals surface area contributed by atoms with Crippen LogP contribution in [0.1, 0.15) is 62.5 Å². The quantitative estimate of drug-likeness (QED) is 0.301. The van der Waals surface area contributed by atoms with Crippen LogP contribution in [0.2, 0.25) is 0 Å². The Balaban J connectivity index is 1.52. The monoisotopic (exact) mass is 526 g/mol. The number of aromatic nitrogens is 2. The third kappa shape index (κ3) is 5.44. The maximum atomic E-state index is 13.1. The molecule has 0 aliphatic heterocycles. The number of benzene rings is 1. The minimum Gasteiger partial charge on any atom is -0.465 e. The average molecular weight is 527 g/mol. The van der Waals surface area contributed by atoms with Crippen LogP contribution in [-0.2, 0) is 32.2 Å². The molecule has 8 nitrogen and oxygen atoms in total. The van der Waals surface area contributed by atoms with Gasteiger partial charge in [-0.25, -0.2) is 23.2 Å². The molecule has 188 valence electrons. The highest BCUT2D eigenvalue weighted by molar-refractivity contribution is 7.93. The summed E-state index contributed by atoms with van der Waals surface area (Å²) in [5.41, 5.74) is 2.07. The molecule has 0 radical (unpaired) electrons. The molecule has 1 fully saturated rings. The molecule has 0 amide bonds. The van der Waals surface area contributed by atoms with Crippen LogP contribution < -0.4 is 0 Å².